The van der Waals surface area contributed by atoms with Gasteiger partial charge < -0.3 is 14.5 Å². The topological polar surface area (TPSA) is 49.9 Å². The Labute approximate surface area is 139 Å². The van der Waals surface area contributed by atoms with E-state index in [0.717, 1.165) is 32.4 Å². The number of piperidine rings is 1. The van der Waals surface area contributed by atoms with Crippen molar-refractivity contribution in [3.63, 3.8) is 0 Å². The van der Waals surface area contributed by atoms with Crippen LogP contribution in [-0.4, -0.2) is 61.5 Å². The SMILES string of the molecule is COCC(=O)N1CCC2(CCCN(CC3CCCCC3)C2=O)C1. The van der Waals surface area contributed by atoms with Crippen LogP contribution in [0.15, 0.2) is 0 Å². The maximum atomic E-state index is 13.1. The van der Waals surface area contributed by atoms with Gasteiger partial charge >= 0.3 is 0 Å². The summed E-state index contributed by atoms with van der Waals surface area (Å²) >= 11 is 0. The normalized spacial score (nSPS) is 29.5. The molecule has 130 valence electrons. The number of amides is 2. The number of ether oxygens (including phenoxy) is 1. The van der Waals surface area contributed by atoms with E-state index in [1.807, 2.05) is 4.90 Å². The van der Waals surface area contributed by atoms with Crippen LogP contribution in [0, 0.1) is 11.3 Å². The molecule has 3 aliphatic rings. The quantitative estimate of drug-likeness (QED) is 0.796. The smallest absolute Gasteiger partial charge is 0.248 e. The van der Waals surface area contributed by atoms with Gasteiger partial charge in [0.25, 0.3) is 0 Å². The lowest BCUT2D eigenvalue weighted by atomic mass is 9.77. The Morgan fingerprint density at radius 2 is 1.96 bits per heavy atom. The van der Waals surface area contributed by atoms with Crippen molar-refractivity contribution in [2.75, 3.05) is 39.9 Å². The summed E-state index contributed by atoms with van der Waals surface area (Å²) in [6.07, 6.45) is 9.36. The Balaban J connectivity index is 1.61. The molecular formula is C18H30N2O3. The van der Waals surface area contributed by atoms with Crippen LogP contribution < -0.4 is 0 Å². The molecule has 2 heterocycles. The van der Waals surface area contributed by atoms with Crippen molar-refractivity contribution < 1.29 is 14.3 Å². The second kappa shape index (κ2) is 7.20. The molecule has 0 bridgehead atoms. The Morgan fingerprint density at radius 1 is 1.17 bits per heavy atom. The maximum absolute atomic E-state index is 13.1. The molecule has 2 saturated heterocycles. The van der Waals surface area contributed by atoms with Crippen molar-refractivity contribution >= 4 is 11.8 Å². The summed E-state index contributed by atoms with van der Waals surface area (Å²) in [5.74, 6) is 1.01. The minimum atomic E-state index is -0.309. The zero-order valence-corrected chi connectivity index (χ0v) is 14.4. The van der Waals surface area contributed by atoms with E-state index in [-0.39, 0.29) is 17.9 Å². The molecule has 2 aliphatic heterocycles. The van der Waals surface area contributed by atoms with Gasteiger partial charge in [0.05, 0.1) is 5.41 Å². The number of carbonyl (C=O) groups is 2. The summed E-state index contributed by atoms with van der Waals surface area (Å²) in [6, 6.07) is 0. The average Bonchev–Trinajstić information content (AvgIpc) is 2.99. The summed E-state index contributed by atoms with van der Waals surface area (Å²) in [6.45, 7) is 3.26. The fourth-order valence-corrected chi connectivity index (χ4v) is 4.69. The Bertz CT molecular complexity index is 448. The van der Waals surface area contributed by atoms with Gasteiger partial charge in [0.2, 0.25) is 11.8 Å². The molecule has 1 atom stereocenters. The first-order chi connectivity index (χ1) is 11.1. The van der Waals surface area contributed by atoms with Gasteiger partial charge in [0.15, 0.2) is 0 Å². The number of nitrogens with zero attached hydrogens (tertiary/aromatic N) is 2. The van der Waals surface area contributed by atoms with E-state index in [9.17, 15) is 9.59 Å². The van der Waals surface area contributed by atoms with Gasteiger partial charge in [-0.2, -0.15) is 0 Å². The number of carbonyl (C=O) groups excluding carboxylic acids is 2. The van der Waals surface area contributed by atoms with Crippen LogP contribution in [0.4, 0.5) is 0 Å². The lowest BCUT2D eigenvalue weighted by Crippen LogP contribution is -2.51. The third-order valence-corrected chi connectivity index (χ3v) is 6.00. The van der Waals surface area contributed by atoms with E-state index in [2.05, 4.69) is 4.90 Å². The largest absolute Gasteiger partial charge is 0.375 e. The van der Waals surface area contributed by atoms with Crippen molar-refractivity contribution in [2.45, 2.75) is 51.4 Å². The van der Waals surface area contributed by atoms with Crippen LogP contribution in [0.5, 0.6) is 0 Å². The van der Waals surface area contributed by atoms with Crippen LogP contribution in [0.2, 0.25) is 0 Å². The molecule has 0 aromatic rings. The summed E-state index contributed by atoms with van der Waals surface area (Å²) in [7, 11) is 1.54. The lowest BCUT2D eigenvalue weighted by Gasteiger charge is -2.41. The molecule has 1 aliphatic carbocycles. The highest BCUT2D eigenvalue weighted by Gasteiger charge is 2.49. The third kappa shape index (κ3) is 3.54. The Kier molecular flexibility index (Phi) is 5.24. The average molecular weight is 322 g/mol. The zero-order valence-electron chi connectivity index (χ0n) is 14.4. The van der Waals surface area contributed by atoms with E-state index in [1.165, 1.54) is 32.1 Å². The predicted octanol–water partition coefficient (Wildman–Crippen LogP) is 2.05. The predicted molar refractivity (Wildman–Crippen MR) is 87.9 cm³/mol. The Hall–Kier alpha value is -1.10. The number of likely N-dealkylation sites (tertiary alicyclic amines) is 2. The monoisotopic (exact) mass is 322 g/mol. The Morgan fingerprint density at radius 3 is 2.70 bits per heavy atom. The van der Waals surface area contributed by atoms with Crippen molar-refractivity contribution in [3.8, 4) is 0 Å². The number of methoxy groups -OCH3 is 1. The molecule has 1 spiro atoms. The minimum Gasteiger partial charge on any atom is -0.375 e. The van der Waals surface area contributed by atoms with E-state index in [1.54, 1.807) is 7.11 Å². The van der Waals surface area contributed by atoms with E-state index in [0.29, 0.717) is 24.9 Å². The van der Waals surface area contributed by atoms with E-state index >= 15 is 0 Å². The highest BCUT2D eigenvalue weighted by Crippen LogP contribution is 2.40. The van der Waals surface area contributed by atoms with Gasteiger partial charge in [-0.15, -0.1) is 0 Å². The third-order valence-electron chi connectivity index (χ3n) is 6.00. The fourth-order valence-electron chi connectivity index (χ4n) is 4.69. The number of hydrogen-bond donors (Lipinski definition) is 0. The van der Waals surface area contributed by atoms with E-state index < -0.39 is 0 Å². The highest BCUT2D eigenvalue weighted by atomic mass is 16.5. The van der Waals surface area contributed by atoms with Gasteiger partial charge in [0.1, 0.15) is 6.61 Å². The van der Waals surface area contributed by atoms with Crippen molar-refractivity contribution in [2.24, 2.45) is 11.3 Å². The molecule has 3 fully saturated rings. The molecule has 3 rings (SSSR count). The van der Waals surface area contributed by atoms with Crippen molar-refractivity contribution in [1.29, 1.82) is 0 Å². The molecule has 0 N–H and O–H groups in total. The molecule has 5 heteroatoms. The van der Waals surface area contributed by atoms with Gasteiger partial charge in [-0.3, -0.25) is 9.59 Å². The molecule has 0 radical (unpaired) electrons. The first-order valence-electron chi connectivity index (χ1n) is 9.21. The van der Waals surface area contributed by atoms with Crippen LogP contribution in [0.3, 0.4) is 0 Å². The summed E-state index contributed by atoms with van der Waals surface area (Å²) in [4.78, 5) is 29.1. The first kappa shape index (κ1) is 16.7. The fraction of sp³-hybridized carbons (Fsp3) is 0.889. The van der Waals surface area contributed by atoms with Gasteiger partial charge in [-0.25, -0.2) is 0 Å². The summed E-state index contributed by atoms with van der Waals surface area (Å²) in [5, 5.41) is 0. The molecule has 1 unspecified atom stereocenters. The molecule has 0 aromatic heterocycles. The molecule has 0 aromatic carbocycles. The van der Waals surface area contributed by atoms with Crippen LogP contribution in [0.25, 0.3) is 0 Å². The highest BCUT2D eigenvalue weighted by molar-refractivity contribution is 5.86. The van der Waals surface area contributed by atoms with Crippen LogP contribution in [0.1, 0.15) is 51.4 Å². The summed E-state index contributed by atoms with van der Waals surface area (Å²) in [5.41, 5.74) is -0.309. The molecule has 5 nitrogen and oxygen atoms in total. The molecule has 2 amide bonds. The second-order valence-corrected chi connectivity index (χ2v) is 7.64. The standard InChI is InChI=1S/C18H30N2O3/c1-23-13-16(21)20-11-9-18(14-20)8-5-10-19(17(18)22)12-15-6-3-2-4-7-15/h15H,2-14H2,1H3. The minimum absolute atomic E-state index is 0.0154. The lowest BCUT2D eigenvalue weighted by molar-refractivity contribution is -0.147. The van der Waals surface area contributed by atoms with E-state index in [4.69, 9.17) is 4.74 Å². The molecule has 1 saturated carbocycles. The number of rotatable bonds is 4. The summed E-state index contributed by atoms with van der Waals surface area (Å²) < 4.78 is 4.95. The second-order valence-electron chi connectivity index (χ2n) is 7.64. The van der Waals surface area contributed by atoms with Crippen molar-refractivity contribution in [3.05, 3.63) is 0 Å². The number of hydrogen-bond acceptors (Lipinski definition) is 3. The van der Waals surface area contributed by atoms with Gasteiger partial charge in [0, 0.05) is 33.3 Å². The van der Waals surface area contributed by atoms with Crippen LogP contribution >= 0.6 is 0 Å². The van der Waals surface area contributed by atoms with Gasteiger partial charge in [-0.1, -0.05) is 19.3 Å². The zero-order chi connectivity index (χ0) is 16.3. The molecular weight excluding hydrogens is 292 g/mol. The first-order valence-corrected chi connectivity index (χ1v) is 9.21. The van der Waals surface area contributed by atoms with Gasteiger partial charge in [-0.05, 0) is 38.0 Å². The molecule has 23 heavy (non-hydrogen) atoms. The van der Waals surface area contributed by atoms with Crippen molar-refractivity contribution in [1.82, 2.24) is 9.80 Å². The maximum Gasteiger partial charge on any atom is 0.248 e. The van der Waals surface area contributed by atoms with Crippen LogP contribution in [-0.2, 0) is 14.3 Å².